The predicted octanol–water partition coefficient (Wildman–Crippen LogP) is 4.60. The lowest BCUT2D eigenvalue weighted by Gasteiger charge is -2.45. The van der Waals surface area contributed by atoms with Crippen LogP contribution in [0.3, 0.4) is 0 Å². The van der Waals surface area contributed by atoms with Crippen molar-refractivity contribution in [1.82, 2.24) is 19.8 Å². The van der Waals surface area contributed by atoms with Crippen molar-refractivity contribution < 1.29 is 4.79 Å². The van der Waals surface area contributed by atoms with E-state index in [-0.39, 0.29) is 5.91 Å². The molecule has 4 fully saturated rings. The Balaban J connectivity index is 1.09. The van der Waals surface area contributed by atoms with E-state index in [1.165, 1.54) is 56.4 Å². The summed E-state index contributed by atoms with van der Waals surface area (Å²) >= 11 is 0. The van der Waals surface area contributed by atoms with Crippen molar-refractivity contribution in [3.8, 4) is 0 Å². The summed E-state index contributed by atoms with van der Waals surface area (Å²) in [6.07, 6.45) is 8.38. The van der Waals surface area contributed by atoms with Crippen LogP contribution < -0.4 is 10.2 Å². The van der Waals surface area contributed by atoms with Crippen molar-refractivity contribution in [2.75, 3.05) is 42.9 Å². The molecule has 0 spiro atoms. The first kappa shape index (κ1) is 25.0. The Kier molecular flexibility index (Phi) is 7.38. The molecule has 0 radical (unpaired) electrons. The van der Waals surface area contributed by atoms with E-state index in [1.807, 2.05) is 6.07 Å². The molecule has 6 heterocycles. The van der Waals surface area contributed by atoms with Crippen molar-refractivity contribution in [2.45, 2.75) is 51.2 Å². The molecule has 38 heavy (non-hydrogen) atoms. The van der Waals surface area contributed by atoms with E-state index in [0.29, 0.717) is 23.7 Å². The number of nitrogens with one attached hydrogen (secondary N) is 1. The number of piperidine rings is 2. The molecule has 4 aliphatic heterocycles. The lowest BCUT2D eigenvalue weighted by molar-refractivity contribution is 0.0425. The SMILES string of the molecule is Cc1ccccc1CN1CCC(N2CC3CCC2CN(c2cccc(C(=O)Nc4ccncc4)n2)C3)CC1. The Hall–Kier alpha value is -3.29. The highest BCUT2D eigenvalue weighted by Gasteiger charge is 2.39. The first-order chi connectivity index (χ1) is 18.6. The molecule has 2 bridgehead atoms. The third-order valence-corrected chi connectivity index (χ3v) is 8.67. The summed E-state index contributed by atoms with van der Waals surface area (Å²) in [7, 11) is 0. The van der Waals surface area contributed by atoms with Gasteiger partial charge in [0, 0.05) is 56.3 Å². The summed E-state index contributed by atoms with van der Waals surface area (Å²) in [5, 5.41) is 2.93. The third-order valence-electron chi connectivity index (χ3n) is 8.67. The summed E-state index contributed by atoms with van der Waals surface area (Å²) < 4.78 is 0. The van der Waals surface area contributed by atoms with Gasteiger partial charge in [-0.05, 0) is 87.0 Å². The maximum atomic E-state index is 12.9. The van der Waals surface area contributed by atoms with Crippen LogP contribution in [0.2, 0.25) is 0 Å². The quantitative estimate of drug-likeness (QED) is 0.523. The van der Waals surface area contributed by atoms with Crippen LogP contribution in [0.25, 0.3) is 0 Å². The first-order valence-electron chi connectivity index (χ1n) is 14.1. The van der Waals surface area contributed by atoms with Gasteiger partial charge in [-0.1, -0.05) is 30.3 Å². The zero-order valence-corrected chi connectivity index (χ0v) is 22.3. The van der Waals surface area contributed by atoms with Gasteiger partial charge in [0.15, 0.2) is 0 Å². The lowest BCUT2D eigenvalue weighted by atomic mass is 9.91. The number of fused-ring (bicyclic) bond motifs is 4. The van der Waals surface area contributed by atoms with Gasteiger partial charge >= 0.3 is 0 Å². The Morgan fingerprint density at radius 1 is 0.895 bits per heavy atom. The standard InChI is InChI=1S/C31H38N6O/c1-23-5-2-3-6-25(23)21-35-17-13-27(14-18-35)37-20-24-9-10-28(37)22-36(19-24)30-8-4-7-29(34-30)31(38)33-26-11-15-32-16-12-26/h2-8,11-12,15-16,24,27-28H,9-10,13-14,17-22H2,1H3,(H,32,33,38). The van der Waals surface area contributed by atoms with Crippen LogP contribution in [-0.2, 0) is 6.54 Å². The minimum absolute atomic E-state index is 0.185. The summed E-state index contributed by atoms with van der Waals surface area (Å²) in [5.74, 6) is 1.38. The second-order valence-electron chi connectivity index (χ2n) is 11.2. The molecule has 0 saturated carbocycles. The number of aryl methyl sites for hydroxylation is 1. The number of carbonyl (C=O) groups excluding carboxylic acids is 1. The fraction of sp³-hybridized carbons (Fsp3) is 0.452. The number of hydrogen-bond donors (Lipinski definition) is 1. The smallest absolute Gasteiger partial charge is 0.274 e. The molecule has 4 saturated heterocycles. The van der Waals surface area contributed by atoms with Crippen molar-refractivity contribution >= 4 is 17.4 Å². The van der Waals surface area contributed by atoms with Gasteiger partial charge in [-0.3, -0.25) is 19.6 Å². The number of rotatable bonds is 6. The molecule has 2 unspecified atom stereocenters. The molecular weight excluding hydrogens is 472 g/mol. The number of likely N-dealkylation sites (tertiary alicyclic amines) is 1. The predicted molar refractivity (Wildman–Crippen MR) is 151 cm³/mol. The van der Waals surface area contributed by atoms with Crippen molar-refractivity contribution in [2.24, 2.45) is 5.92 Å². The molecule has 1 N–H and O–H groups in total. The lowest BCUT2D eigenvalue weighted by Crippen LogP contribution is -2.53. The highest BCUT2D eigenvalue weighted by Crippen LogP contribution is 2.34. The fourth-order valence-corrected chi connectivity index (χ4v) is 6.55. The molecule has 3 aromatic rings. The number of pyridine rings is 2. The van der Waals surface area contributed by atoms with Crippen LogP contribution in [0.5, 0.6) is 0 Å². The number of anilines is 2. The van der Waals surface area contributed by atoms with Gasteiger partial charge < -0.3 is 10.2 Å². The summed E-state index contributed by atoms with van der Waals surface area (Å²) in [5.41, 5.74) is 4.03. The van der Waals surface area contributed by atoms with Crippen molar-refractivity contribution in [3.63, 3.8) is 0 Å². The largest absolute Gasteiger partial charge is 0.355 e. The molecule has 2 atom stereocenters. The summed E-state index contributed by atoms with van der Waals surface area (Å²) in [6, 6.07) is 19.4. The van der Waals surface area contributed by atoms with Crippen LogP contribution in [0.4, 0.5) is 11.5 Å². The van der Waals surface area contributed by atoms with Crippen LogP contribution in [0, 0.1) is 12.8 Å². The molecular formula is C31H38N6O. The maximum absolute atomic E-state index is 12.9. The highest BCUT2D eigenvalue weighted by molar-refractivity contribution is 6.03. The maximum Gasteiger partial charge on any atom is 0.274 e. The Morgan fingerprint density at radius 3 is 2.53 bits per heavy atom. The van der Waals surface area contributed by atoms with E-state index in [0.717, 1.165) is 31.1 Å². The molecule has 4 aliphatic rings. The van der Waals surface area contributed by atoms with E-state index in [9.17, 15) is 4.79 Å². The number of nitrogens with zero attached hydrogens (tertiary/aromatic N) is 5. The van der Waals surface area contributed by atoms with Crippen molar-refractivity contribution in [1.29, 1.82) is 0 Å². The number of amides is 1. The third kappa shape index (κ3) is 5.59. The van der Waals surface area contributed by atoms with Crippen molar-refractivity contribution in [3.05, 3.63) is 83.8 Å². The zero-order valence-electron chi connectivity index (χ0n) is 22.3. The molecule has 198 valence electrons. The number of benzene rings is 1. The van der Waals surface area contributed by atoms with Gasteiger partial charge in [-0.2, -0.15) is 0 Å². The van der Waals surface area contributed by atoms with Gasteiger partial charge in [0.2, 0.25) is 0 Å². The average molecular weight is 511 g/mol. The van der Waals surface area contributed by atoms with E-state index in [2.05, 4.69) is 62.3 Å². The first-order valence-corrected chi connectivity index (χ1v) is 14.1. The van der Waals surface area contributed by atoms with E-state index < -0.39 is 0 Å². The molecule has 7 heteroatoms. The monoisotopic (exact) mass is 510 g/mol. The highest BCUT2D eigenvalue weighted by atomic mass is 16.1. The van der Waals surface area contributed by atoms with Gasteiger partial charge in [0.05, 0.1) is 0 Å². The van der Waals surface area contributed by atoms with Gasteiger partial charge in [-0.25, -0.2) is 4.98 Å². The van der Waals surface area contributed by atoms with E-state index in [1.54, 1.807) is 30.6 Å². The topological polar surface area (TPSA) is 64.6 Å². The summed E-state index contributed by atoms with van der Waals surface area (Å²) in [4.78, 5) is 29.6. The van der Waals surface area contributed by atoms with Gasteiger partial charge in [0.25, 0.3) is 5.91 Å². The molecule has 1 aromatic carbocycles. The van der Waals surface area contributed by atoms with Gasteiger partial charge in [0.1, 0.15) is 11.5 Å². The number of hydrogen-bond acceptors (Lipinski definition) is 6. The molecule has 0 aliphatic carbocycles. The average Bonchev–Trinajstić information content (AvgIpc) is 3.28. The minimum atomic E-state index is -0.185. The second-order valence-corrected chi connectivity index (χ2v) is 11.2. The molecule has 7 nitrogen and oxygen atoms in total. The number of carbonyl (C=O) groups is 1. The van der Waals surface area contributed by atoms with Crippen LogP contribution in [-0.4, -0.2) is 70.5 Å². The van der Waals surface area contributed by atoms with Crippen LogP contribution >= 0.6 is 0 Å². The minimum Gasteiger partial charge on any atom is -0.355 e. The summed E-state index contributed by atoms with van der Waals surface area (Å²) in [6.45, 7) is 8.82. The zero-order chi connectivity index (χ0) is 25.9. The Bertz CT molecular complexity index is 1240. The van der Waals surface area contributed by atoms with E-state index >= 15 is 0 Å². The Labute approximate surface area is 225 Å². The fourth-order valence-electron chi connectivity index (χ4n) is 6.55. The normalized spacial score (nSPS) is 22.8. The second kappa shape index (κ2) is 11.2. The molecule has 1 amide bonds. The Morgan fingerprint density at radius 2 is 1.71 bits per heavy atom. The van der Waals surface area contributed by atoms with Gasteiger partial charge in [-0.15, -0.1) is 0 Å². The number of aromatic nitrogens is 2. The van der Waals surface area contributed by atoms with Crippen LogP contribution in [0.1, 0.15) is 47.3 Å². The van der Waals surface area contributed by atoms with Crippen LogP contribution in [0.15, 0.2) is 67.0 Å². The molecule has 2 aromatic heterocycles. The van der Waals surface area contributed by atoms with E-state index in [4.69, 9.17) is 4.98 Å². The molecule has 7 rings (SSSR count).